The van der Waals surface area contributed by atoms with Crippen LogP contribution in [-0.4, -0.2) is 33.2 Å². The second-order valence-corrected chi connectivity index (χ2v) is 9.09. The number of hydrogen-bond donors (Lipinski definition) is 2. The Labute approximate surface area is 191 Å². The maximum atomic E-state index is 13.2. The molecule has 3 heterocycles. The highest BCUT2D eigenvalue weighted by atomic mass is 32.1. The van der Waals surface area contributed by atoms with Crippen LogP contribution >= 0.6 is 11.3 Å². The summed E-state index contributed by atoms with van der Waals surface area (Å²) in [6.07, 6.45) is 5.79. The van der Waals surface area contributed by atoms with Crippen LogP contribution in [0, 0.1) is 5.92 Å². The molecule has 2 atom stereocenters. The van der Waals surface area contributed by atoms with Gasteiger partial charge in [-0.25, -0.2) is 9.97 Å². The van der Waals surface area contributed by atoms with Crippen LogP contribution in [0.1, 0.15) is 43.9 Å². The summed E-state index contributed by atoms with van der Waals surface area (Å²) in [4.78, 5) is 36.2. The standard InChI is InChI=1S/C24H27N5O2S/c1-3-16-12-19(13-27-21(16)25)28-22(30)24(31)29-14-15(2)4-9-20(29)17-5-7-18(8-6-17)23-26-10-11-32-23/h5-8,10-13,15,20H,3-4,9,14H2,1-2H3,(H2,25,27)(H,28,30)/t15-,20+/m0/s1. The zero-order valence-electron chi connectivity index (χ0n) is 18.2. The number of hydrogen-bond acceptors (Lipinski definition) is 6. The number of piperidine rings is 1. The third-order valence-corrected chi connectivity index (χ3v) is 6.71. The number of nitrogen functional groups attached to an aromatic ring is 1. The number of amides is 2. The molecule has 8 heteroatoms. The molecule has 1 aliphatic rings. The molecule has 0 radical (unpaired) electrons. The van der Waals surface area contributed by atoms with Crippen molar-refractivity contribution >= 4 is 34.7 Å². The van der Waals surface area contributed by atoms with Crippen molar-refractivity contribution in [2.45, 2.75) is 39.2 Å². The second kappa shape index (κ2) is 9.48. The lowest BCUT2D eigenvalue weighted by Crippen LogP contribution is -2.46. The van der Waals surface area contributed by atoms with Crippen molar-refractivity contribution in [1.82, 2.24) is 14.9 Å². The highest BCUT2D eigenvalue weighted by Gasteiger charge is 2.34. The molecule has 0 saturated carbocycles. The fourth-order valence-electron chi connectivity index (χ4n) is 4.12. The van der Waals surface area contributed by atoms with Gasteiger partial charge < -0.3 is 16.0 Å². The van der Waals surface area contributed by atoms with E-state index in [1.807, 2.05) is 36.6 Å². The fourth-order valence-corrected chi connectivity index (χ4v) is 4.77. The predicted molar refractivity (Wildman–Crippen MR) is 127 cm³/mol. The van der Waals surface area contributed by atoms with E-state index in [4.69, 9.17) is 5.73 Å². The summed E-state index contributed by atoms with van der Waals surface area (Å²) in [5.74, 6) is -0.414. The van der Waals surface area contributed by atoms with Gasteiger partial charge in [0, 0.05) is 23.7 Å². The van der Waals surface area contributed by atoms with E-state index < -0.39 is 11.8 Å². The summed E-state index contributed by atoms with van der Waals surface area (Å²) in [6, 6.07) is 9.76. The molecule has 1 aromatic carbocycles. The van der Waals surface area contributed by atoms with Gasteiger partial charge in [-0.1, -0.05) is 38.1 Å². The summed E-state index contributed by atoms with van der Waals surface area (Å²) < 4.78 is 0. The summed E-state index contributed by atoms with van der Waals surface area (Å²) in [7, 11) is 0. The third kappa shape index (κ3) is 4.65. The first-order valence-electron chi connectivity index (χ1n) is 10.8. The smallest absolute Gasteiger partial charge is 0.313 e. The first kappa shape index (κ1) is 22.0. The lowest BCUT2D eigenvalue weighted by Gasteiger charge is -2.38. The number of thiazole rings is 1. The maximum absolute atomic E-state index is 13.2. The van der Waals surface area contributed by atoms with Gasteiger partial charge in [-0.3, -0.25) is 9.59 Å². The minimum absolute atomic E-state index is 0.134. The number of aryl methyl sites for hydroxylation is 1. The number of pyridine rings is 1. The molecular weight excluding hydrogens is 422 g/mol. The van der Waals surface area contributed by atoms with Gasteiger partial charge in [0.05, 0.1) is 17.9 Å². The van der Waals surface area contributed by atoms with Crippen LogP contribution < -0.4 is 11.1 Å². The molecule has 2 amide bonds. The number of nitrogens with one attached hydrogen (secondary N) is 1. The van der Waals surface area contributed by atoms with Gasteiger partial charge >= 0.3 is 11.8 Å². The first-order chi connectivity index (χ1) is 15.5. The quantitative estimate of drug-likeness (QED) is 0.579. The molecule has 3 N–H and O–H groups in total. The van der Waals surface area contributed by atoms with E-state index in [0.29, 0.717) is 30.4 Å². The van der Waals surface area contributed by atoms with Crippen molar-refractivity contribution in [3.63, 3.8) is 0 Å². The highest BCUT2D eigenvalue weighted by molar-refractivity contribution is 7.13. The number of rotatable bonds is 4. The van der Waals surface area contributed by atoms with Crippen molar-refractivity contribution in [1.29, 1.82) is 0 Å². The van der Waals surface area contributed by atoms with Gasteiger partial charge in [-0.2, -0.15) is 0 Å². The van der Waals surface area contributed by atoms with Crippen LogP contribution in [0.25, 0.3) is 10.6 Å². The van der Waals surface area contributed by atoms with Crippen molar-refractivity contribution in [3.8, 4) is 10.6 Å². The third-order valence-electron chi connectivity index (χ3n) is 5.89. The van der Waals surface area contributed by atoms with Crippen LogP contribution in [0.5, 0.6) is 0 Å². The Morgan fingerprint density at radius 1 is 1.22 bits per heavy atom. The zero-order chi connectivity index (χ0) is 22.7. The molecule has 1 fully saturated rings. The molecule has 3 aromatic rings. The maximum Gasteiger partial charge on any atom is 0.313 e. The summed E-state index contributed by atoms with van der Waals surface area (Å²) >= 11 is 1.59. The van der Waals surface area contributed by atoms with E-state index in [0.717, 1.165) is 34.5 Å². The Kier molecular flexibility index (Phi) is 6.50. The van der Waals surface area contributed by atoms with Gasteiger partial charge in [0.1, 0.15) is 10.8 Å². The van der Waals surface area contributed by atoms with E-state index in [9.17, 15) is 9.59 Å². The SMILES string of the molecule is CCc1cc(NC(=O)C(=O)N2C[C@@H](C)CC[C@@H]2c2ccc(-c3nccs3)cc2)cnc1N. The minimum Gasteiger partial charge on any atom is -0.383 e. The van der Waals surface area contributed by atoms with Crippen molar-refractivity contribution < 1.29 is 9.59 Å². The number of benzene rings is 1. The minimum atomic E-state index is -0.655. The van der Waals surface area contributed by atoms with Gasteiger partial charge in [-0.05, 0) is 42.4 Å². The molecule has 0 unspecified atom stereocenters. The van der Waals surface area contributed by atoms with E-state index in [-0.39, 0.29) is 6.04 Å². The van der Waals surface area contributed by atoms with E-state index >= 15 is 0 Å². The van der Waals surface area contributed by atoms with Crippen LogP contribution in [0.4, 0.5) is 11.5 Å². The molecule has 7 nitrogen and oxygen atoms in total. The number of aromatic nitrogens is 2. The second-order valence-electron chi connectivity index (χ2n) is 8.19. The molecule has 0 bridgehead atoms. The lowest BCUT2D eigenvalue weighted by molar-refractivity contribution is -0.146. The van der Waals surface area contributed by atoms with Crippen LogP contribution in [-0.2, 0) is 16.0 Å². The normalized spacial score (nSPS) is 18.4. The van der Waals surface area contributed by atoms with Crippen molar-refractivity contribution in [2.24, 2.45) is 5.92 Å². The monoisotopic (exact) mass is 449 g/mol. The molecule has 2 aromatic heterocycles. The van der Waals surface area contributed by atoms with Gasteiger partial charge in [-0.15, -0.1) is 11.3 Å². The van der Waals surface area contributed by atoms with E-state index in [1.165, 1.54) is 6.20 Å². The van der Waals surface area contributed by atoms with Crippen LogP contribution in [0.15, 0.2) is 48.1 Å². The number of carbonyl (C=O) groups is 2. The number of carbonyl (C=O) groups excluding carboxylic acids is 2. The van der Waals surface area contributed by atoms with Crippen LogP contribution in [0.3, 0.4) is 0 Å². The summed E-state index contributed by atoms with van der Waals surface area (Å²) in [6.45, 7) is 4.62. The molecule has 1 saturated heterocycles. The highest BCUT2D eigenvalue weighted by Crippen LogP contribution is 2.34. The fraction of sp³-hybridized carbons (Fsp3) is 0.333. The average molecular weight is 450 g/mol. The Bertz CT molecular complexity index is 1100. The number of nitrogens with zero attached hydrogens (tertiary/aromatic N) is 3. The first-order valence-corrected chi connectivity index (χ1v) is 11.7. The number of nitrogens with two attached hydrogens (primary N) is 1. The molecule has 166 valence electrons. The Hall–Kier alpha value is -3.26. The van der Waals surface area contributed by atoms with E-state index in [2.05, 4.69) is 22.2 Å². The average Bonchev–Trinajstić information content (AvgIpc) is 3.35. The number of anilines is 2. The van der Waals surface area contributed by atoms with Gasteiger partial charge in [0.15, 0.2) is 0 Å². The topological polar surface area (TPSA) is 101 Å². The lowest BCUT2D eigenvalue weighted by atomic mass is 9.89. The largest absolute Gasteiger partial charge is 0.383 e. The molecule has 0 aliphatic carbocycles. The van der Waals surface area contributed by atoms with Gasteiger partial charge in [0.2, 0.25) is 0 Å². The van der Waals surface area contributed by atoms with Crippen LogP contribution in [0.2, 0.25) is 0 Å². The van der Waals surface area contributed by atoms with Gasteiger partial charge in [0.25, 0.3) is 0 Å². The molecule has 32 heavy (non-hydrogen) atoms. The Morgan fingerprint density at radius 3 is 2.69 bits per heavy atom. The molecule has 0 spiro atoms. The van der Waals surface area contributed by atoms with Crippen molar-refractivity contribution in [2.75, 3.05) is 17.6 Å². The molecular formula is C24H27N5O2S. The number of likely N-dealkylation sites (tertiary alicyclic amines) is 1. The molecule has 4 rings (SSSR count). The Balaban J connectivity index is 1.52. The van der Waals surface area contributed by atoms with Crippen molar-refractivity contribution in [3.05, 3.63) is 59.2 Å². The zero-order valence-corrected chi connectivity index (χ0v) is 19.1. The summed E-state index contributed by atoms with van der Waals surface area (Å²) in [5.41, 5.74) is 9.23. The predicted octanol–water partition coefficient (Wildman–Crippen LogP) is 4.29. The Morgan fingerprint density at radius 2 is 2.00 bits per heavy atom. The molecule has 1 aliphatic heterocycles. The van der Waals surface area contributed by atoms with E-state index in [1.54, 1.807) is 28.5 Å². The summed E-state index contributed by atoms with van der Waals surface area (Å²) in [5, 5.41) is 5.61.